The van der Waals surface area contributed by atoms with Crippen molar-refractivity contribution in [3.8, 4) is 0 Å². The highest BCUT2D eigenvalue weighted by molar-refractivity contribution is 9.10. The molecule has 0 aliphatic carbocycles. The molecule has 2 aromatic carbocycles. The van der Waals surface area contributed by atoms with E-state index < -0.39 is 17.8 Å². The number of hydrogen-bond acceptors (Lipinski definition) is 3. The molecule has 1 fully saturated rings. The predicted molar refractivity (Wildman–Crippen MR) is 104 cm³/mol. The molecule has 1 heterocycles. The van der Waals surface area contributed by atoms with E-state index in [2.05, 4.69) is 35.1 Å². The highest BCUT2D eigenvalue weighted by Gasteiger charge is 2.36. The zero-order valence-electron chi connectivity index (χ0n) is 14.3. The molecule has 2 aromatic rings. The van der Waals surface area contributed by atoms with E-state index in [0.29, 0.717) is 11.6 Å². The third-order valence-corrected chi connectivity index (χ3v) is 4.63. The molecule has 4 amide bonds. The number of hydrogen-bond donors (Lipinski definition) is 1. The number of barbiturate groups is 1. The Morgan fingerprint density at radius 2 is 1.58 bits per heavy atom. The average molecular weight is 413 g/mol. The number of nitrogens with one attached hydrogen (secondary N) is 1. The van der Waals surface area contributed by atoms with E-state index in [1.54, 1.807) is 24.3 Å². The van der Waals surface area contributed by atoms with Crippen LogP contribution in [-0.2, 0) is 9.59 Å². The molecule has 0 aromatic heterocycles. The van der Waals surface area contributed by atoms with Gasteiger partial charge in [0.2, 0.25) is 0 Å². The number of carbonyl (C=O) groups is 3. The van der Waals surface area contributed by atoms with E-state index in [4.69, 9.17) is 0 Å². The summed E-state index contributed by atoms with van der Waals surface area (Å²) in [6.07, 6.45) is 1.50. The minimum absolute atomic E-state index is 0.0789. The van der Waals surface area contributed by atoms with Gasteiger partial charge in [-0.25, -0.2) is 9.69 Å². The summed E-state index contributed by atoms with van der Waals surface area (Å²) >= 11 is 3.31. The lowest BCUT2D eigenvalue weighted by molar-refractivity contribution is -0.122. The maximum atomic E-state index is 12.8. The number of amides is 4. The van der Waals surface area contributed by atoms with E-state index in [9.17, 15) is 14.4 Å². The molecule has 0 saturated carbocycles. The van der Waals surface area contributed by atoms with Crippen LogP contribution in [0.25, 0.3) is 6.08 Å². The van der Waals surface area contributed by atoms with Gasteiger partial charge in [-0.15, -0.1) is 0 Å². The Bertz CT molecular complexity index is 900. The Morgan fingerprint density at radius 1 is 0.962 bits per heavy atom. The van der Waals surface area contributed by atoms with Crippen molar-refractivity contribution >= 4 is 45.5 Å². The number of halogens is 1. The van der Waals surface area contributed by atoms with Crippen molar-refractivity contribution in [3.05, 3.63) is 69.7 Å². The molecule has 0 spiro atoms. The van der Waals surface area contributed by atoms with Gasteiger partial charge in [-0.3, -0.25) is 14.9 Å². The third kappa shape index (κ3) is 3.60. The molecule has 1 N–H and O–H groups in total. The quantitative estimate of drug-likeness (QED) is 0.605. The molecule has 0 radical (unpaired) electrons. The van der Waals surface area contributed by atoms with Crippen molar-refractivity contribution < 1.29 is 14.4 Å². The fourth-order valence-corrected chi connectivity index (χ4v) is 2.89. The van der Waals surface area contributed by atoms with Crippen molar-refractivity contribution in [2.24, 2.45) is 0 Å². The largest absolute Gasteiger partial charge is 0.335 e. The monoisotopic (exact) mass is 412 g/mol. The van der Waals surface area contributed by atoms with Gasteiger partial charge >= 0.3 is 6.03 Å². The summed E-state index contributed by atoms with van der Waals surface area (Å²) in [5.41, 5.74) is 2.20. The first-order valence-corrected chi connectivity index (χ1v) is 8.93. The fourth-order valence-electron chi connectivity index (χ4n) is 2.63. The number of imide groups is 2. The van der Waals surface area contributed by atoms with Gasteiger partial charge in [-0.2, -0.15) is 0 Å². The minimum Gasteiger partial charge on any atom is -0.273 e. The maximum Gasteiger partial charge on any atom is 0.335 e. The van der Waals surface area contributed by atoms with Gasteiger partial charge in [-0.1, -0.05) is 54.0 Å². The van der Waals surface area contributed by atoms with Gasteiger partial charge in [0.05, 0.1) is 5.69 Å². The van der Waals surface area contributed by atoms with Crippen LogP contribution in [0.1, 0.15) is 30.9 Å². The summed E-state index contributed by atoms with van der Waals surface area (Å²) in [7, 11) is 0. The summed E-state index contributed by atoms with van der Waals surface area (Å²) in [5, 5.41) is 2.22. The first-order chi connectivity index (χ1) is 12.4. The first kappa shape index (κ1) is 18.1. The van der Waals surface area contributed by atoms with Gasteiger partial charge in [0, 0.05) is 4.47 Å². The minimum atomic E-state index is -0.755. The van der Waals surface area contributed by atoms with Crippen molar-refractivity contribution in [1.29, 1.82) is 0 Å². The standard InChI is InChI=1S/C20H17BrN2O3/c1-12(2)14-5-3-13(4-6-14)11-17-18(24)22-20(26)23(19(17)25)16-9-7-15(21)8-10-16/h3-12H,1-2H3,(H,22,24,26)/b17-11+. The number of rotatable bonds is 3. The van der Waals surface area contributed by atoms with Crippen molar-refractivity contribution in [2.75, 3.05) is 4.90 Å². The lowest BCUT2D eigenvalue weighted by Crippen LogP contribution is -2.54. The summed E-state index contributed by atoms with van der Waals surface area (Å²) in [6.45, 7) is 4.18. The SMILES string of the molecule is CC(C)c1ccc(/C=C2\C(=O)NC(=O)N(c3ccc(Br)cc3)C2=O)cc1. The van der Waals surface area contributed by atoms with E-state index in [1.165, 1.54) is 11.6 Å². The average Bonchev–Trinajstić information content (AvgIpc) is 2.60. The van der Waals surface area contributed by atoms with E-state index in [-0.39, 0.29) is 5.57 Å². The van der Waals surface area contributed by atoms with Crippen molar-refractivity contribution in [1.82, 2.24) is 5.32 Å². The molecule has 132 valence electrons. The zero-order chi connectivity index (χ0) is 18.8. The second-order valence-corrected chi connectivity index (χ2v) is 7.17. The number of benzene rings is 2. The Hall–Kier alpha value is -2.73. The Balaban J connectivity index is 1.95. The second kappa shape index (κ2) is 7.25. The Labute approximate surface area is 159 Å². The predicted octanol–water partition coefficient (Wildman–Crippen LogP) is 4.24. The first-order valence-electron chi connectivity index (χ1n) is 8.14. The van der Waals surface area contributed by atoms with Gasteiger partial charge in [0.1, 0.15) is 5.57 Å². The van der Waals surface area contributed by atoms with Crippen molar-refractivity contribution in [3.63, 3.8) is 0 Å². The molecule has 0 bridgehead atoms. The molecule has 3 rings (SSSR count). The molecule has 5 nitrogen and oxygen atoms in total. The summed E-state index contributed by atoms with van der Waals surface area (Å²) < 4.78 is 0.822. The van der Waals surface area contributed by atoms with Crippen LogP contribution in [-0.4, -0.2) is 17.8 Å². The molecule has 0 atom stereocenters. The van der Waals surface area contributed by atoms with Crippen LogP contribution in [0.5, 0.6) is 0 Å². The van der Waals surface area contributed by atoms with Crippen LogP contribution in [0.2, 0.25) is 0 Å². The van der Waals surface area contributed by atoms with Crippen LogP contribution in [0.15, 0.2) is 58.6 Å². The van der Waals surface area contributed by atoms with Crippen LogP contribution in [0.3, 0.4) is 0 Å². The topological polar surface area (TPSA) is 66.5 Å². The summed E-state index contributed by atoms with van der Waals surface area (Å²) in [5.74, 6) is -0.947. The summed E-state index contributed by atoms with van der Waals surface area (Å²) in [4.78, 5) is 38.1. The molecular formula is C20H17BrN2O3. The lowest BCUT2D eigenvalue weighted by atomic mass is 10.0. The van der Waals surface area contributed by atoms with E-state index >= 15 is 0 Å². The van der Waals surface area contributed by atoms with E-state index in [1.807, 2.05) is 24.3 Å². The number of anilines is 1. The maximum absolute atomic E-state index is 12.8. The van der Waals surface area contributed by atoms with Crippen LogP contribution >= 0.6 is 15.9 Å². The Kier molecular flexibility index (Phi) is 5.04. The zero-order valence-corrected chi connectivity index (χ0v) is 15.9. The molecule has 1 saturated heterocycles. The van der Waals surface area contributed by atoms with Crippen LogP contribution in [0.4, 0.5) is 10.5 Å². The number of carbonyl (C=O) groups excluding carboxylic acids is 3. The molecule has 1 aliphatic heterocycles. The highest BCUT2D eigenvalue weighted by atomic mass is 79.9. The third-order valence-electron chi connectivity index (χ3n) is 4.10. The highest BCUT2D eigenvalue weighted by Crippen LogP contribution is 2.24. The van der Waals surface area contributed by atoms with Crippen LogP contribution < -0.4 is 10.2 Å². The summed E-state index contributed by atoms with van der Waals surface area (Å²) in [6, 6.07) is 13.6. The second-order valence-electron chi connectivity index (χ2n) is 6.26. The molecule has 6 heteroatoms. The van der Waals surface area contributed by atoms with Gasteiger partial charge < -0.3 is 0 Å². The Morgan fingerprint density at radius 3 is 2.15 bits per heavy atom. The van der Waals surface area contributed by atoms with Crippen LogP contribution in [0, 0.1) is 0 Å². The number of urea groups is 1. The molecular weight excluding hydrogens is 396 g/mol. The molecule has 26 heavy (non-hydrogen) atoms. The smallest absolute Gasteiger partial charge is 0.273 e. The molecule has 1 aliphatic rings. The van der Waals surface area contributed by atoms with Gasteiger partial charge in [-0.05, 0) is 47.4 Å². The van der Waals surface area contributed by atoms with E-state index in [0.717, 1.165) is 14.9 Å². The fraction of sp³-hybridized carbons (Fsp3) is 0.150. The number of nitrogens with zero attached hydrogens (tertiary/aromatic N) is 1. The van der Waals surface area contributed by atoms with Crippen molar-refractivity contribution in [2.45, 2.75) is 19.8 Å². The molecule has 0 unspecified atom stereocenters. The lowest BCUT2D eigenvalue weighted by Gasteiger charge is -2.26. The van der Waals surface area contributed by atoms with Gasteiger partial charge in [0.25, 0.3) is 11.8 Å². The van der Waals surface area contributed by atoms with Gasteiger partial charge in [0.15, 0.2) is 0 Å². The normalized spacial score (nSPS) is 16.4.